The van der Waals surface area contributed by atoms with E-state index in [1.165, 1.54) is 24.8 Å². The first-order chi connectivity index (χ1) is 5.83. The van der Waals surface area contributed by atoms with Gasteiger partial charge in [-0.2, -0.15) is 0 Å². The molecule has 0 heterocycles. The molecule has 0 aromatic heterocycles. The number of nitrogens with one attached hydrogen (secondary N) is 2. The Morgan fingerprint density at radius 1 is 1.33 bits per heavy atom. The predicted octanol–water partition coefficient (Wildman–Crippen LogP) is 1.76. The summed E-state index contributed by atoms with van der Waals surface area (Å²) in [5.74, 6) is 0. The first-order valence-electron chi connectivity index (χ1n) is 4.49. The van der Waals surface area contributed by atoms with E-state index in [0.29, 0.717) is 0 Å². The van der Waals surface area contributed by atoms with Crippen molar-refractivity contribution in [1.82, 2.24) is 10.6 Å². The topological polar surface area (TPSA) is 41.1 Å². The van der Waals surface area contributed by atoms with Gasteiger partial charge in [-0.25, -0.2) is 4.79 Å². The van der Waals surface area contributed by atoms with Crippen molar-refractivity contribution in [3.8, 4) is 0 Å². The fraction of sp³-hybridized carbons (Fsp3) is 0.667. The van der Waals surface area contributed by atoms with Crippen molar-refractivity contribution in [3.05, 3.63) is 11.8 Å². The fourth-order valence-corrected chi connectivity index (χ4v) is 1.39. The number of hydrogen-bond acceptors (Lipinski definition) is 1. The number of hydrogen-bond donors (Lipinski definition) is 2. The lowest BCUT2D eigenvalue weighted by Crippen LogP contribution is -2.29. The lowest BCUT2D eigenvalue weighted by Gasteiger charge is -2.13. The Morgan fingerprint density at radius 3 is 2.58 bits per heavy atom. The van der Waals surface area contributed by atoms with Crippen molar-refractivity contribution in [2.24, 2.45) is 0 Å². The summed E-state index contributed by atoms with van der Waals surface area (Å²) in [4.78, 5) is 10.8. The van der Waals surface area contributed by atoms with E-state index in [2.05, 4.69) is 10.6 Å². The maximum Gasteiger partial charge on any atom is 0.318 e. The van der Waals surface area contributed by atoms with Crippen molar-refractivity contribution < 1.29 is 4.79 Å². The summed E-state index contributed by atoms with van der Waals surface area (Å²) in [6, 6.07) is -0.131. The van der Waals surface area contributed by atoms with Crippen LogP contribution in [0.4, 0.5) is 4.79 Å². The van der Waals surface area contributed by atoms with E-state index < -0.39 is 0 Å². The third kappa shape index (κ3) is 2.95. The molecular formula is C9H16N2O. The van der Waals surface area contributed by atoms with Gasteiger partial charge in [0.05, 0.1) is 0 Å². The predicted molar refractivity (Wildman–Crippen MR) is 48.8 cm³/mol. The highest BCUT2D eigenvalue weighted by Crippen LogP contribution is 2.21. The molecule has 0 aromatic carbocycles. The molecule has 1 aliphatic rings. The maximum absolute atomic E-state index is 10.8. The highest BCUT2D eigenvalue weighted by Gasteiger charge is 2.04. The molecule has 0 spiro atoms. The SMILES string of the molecule is CNC(=O)NC=C1CCCCC1. The van der Waals surface area contributed by atoms with Gasteiger partial charge in [-0.05, 0) is 25.7 Å². The molecule has 2 N–H and O–H groups in total. The average molecular weight is 168 g/mol. The van der Waals surface area contributed by atoms with E-state index in [1.807, 2.05) is 6.20 Å². The summed E-state index contributed by atoms with van der Waals surface area (Å²) in [6.07, 6.45) is 7.99. The second-order valence-corrected chi connectivity index (χ2v) is 3.09. The van der Waals surface area contributed by atoms with Gasteiger partial charge in [0.2, 0.25) is 0 Å². The lowest BCUT2D eigenvalue weighted by atomic mass is 9.96. The van der Waals surface area contributed by atoms with E-state index in [9.17, 15) is 4.79 Å². The first-order valence-corrected chi connectivity index (χ1v) is 4.49. The van der Waals surface area contributed by atoms with E-state index >= 15 is 0 Å². The molecule has 0 aromatic rings. The van der Waals surface area contributed by atoms with Crippen LogP contribution in [0, 0.1) is 0 Å². The number of carbonyl (C=O) groups excluding carboxylic acids is 1. The van der Waals surface area contributed by atoms with Crippen LogP contribution in [0.2, 0.25) is 0 Å². The molecule has 3 nitrogen and oxygen atoms in total. The molecule has 3 heteroatoms. The summed E-state index contributed by atoms with van der Waals surface area (Å²) >= 11 is 0. The molecule has 0 aliphatic heterocycles. The van der Waals surface area contributed by atoms with Gasteiger partial charge in [0.1, 0.15) is 0 Å². The van der Waals surface area contributed by atoms with Crippen molar-refractivity contribution in [1.29, 1.82) is 0 Å². The number of amides is 2. The lowest BCUT2D eigenvalue weighted by molar-refractivity contribution is 0.246. The number of urea groups is 1. The first kappa shape index (κ1) is 9.10. The summed E-state index contributed by atoms with van der Waals surface area (Å²) in [5.41, 5.74) is 1.37. The summed E-state index contributed by atoms with van der Waals surface area (Å²) < 4.78 is 0. The smallest absolute Gasteiger partial charge is 0.318 e. The molecule has 1 fully saturated rings. The molecule has 1 aliphatic carbocycles. The molecule has 0 atom stereocenters. The second kappa shape index (κ2) is 4.80. The molecule has 12 heavy (non-hydrogen) atoms. The Labute approximate surface area is 73.2 Å². The van der Waals surface area contributed by atoms with Gasteiger partial charge in [-0.1, -0.05) is 12.0 Å². The van der Waals surface area contributed by atoms with Crippen LogP contribution >= 0.6 is 0 Å². The zero-order valence-corrected chi connectivity index (χ0v) is 7.52. The minimum atomic E-state index is -0.131. The maximum atomic E-state index is 10.8. The van der Waals surface area contributed by atoms with Crippen LogP contribution in [-0.2, 0) is 0 Å². The zero-order valence-electron chi connectivity index (χ0n) is 7.52. The summed E-state index contributed by atoms with van der Waals surface area (Å²) in [7, 11) is 1.62. The van der Waals surface area contributed by atoms with Crippen LogP contribution < -0.4 is 10.6 Å². The van der Waals surface area contributed by atoms with Gasteiger partial charge >= 0.3 is 6.03 Å². The Hall–Kier alpha value is -0.990. The molecule has 0 saturated heterocycles. The van der Waals surface area contributed by atoms with E-state index in [-0.39, 0.29) is 6.03 Å². The van der Waals surface area contributed by atoms with Crippen molar-refractivity contribution in [2.75, 3.05) is 7.05 Å². The number of allylic oxidation sites excluding steroid dienone is 1. The number of carbonyl (C=O) groups is 1. The van der Waals surface area contributed by atoms with Crippen molar-refractivity contribution >= 4 is 6.03 Å². The highest BCUT2D eigenvalue weighted by atomic mass is 16.2. The van der Waals surface area contributed by atoms with Crippen LogP contribution in [0.3, 0.4) is 0 Å². The van der Waals surface area contributed by atoms with Crippen LogP contribution in [-0.4, -0.2) is 13.1 Å². The molecule has 2 amide bonds. The minimum absolute atomic E-state index is 0.131. The van der Waals surface area contributed by atoms with Crippen molar-refractivity contribution in [3.63, 3.8) is 0 Å². The van der Waals surface area contributed by atoms with E-state index in [1.54, 1.807) is 7.05 Å². The van der Waals surface area contributed by atoms with Crippen LogP contribution in [0.25, 0.3) is 0 Å². The van der Waals surface area contributed by atoms with Crippen molar-refractivity contribution in [2.45, 2.75) is 32.1 Å². The van der Waals surface area contributed by atoms with Gasteiger partial charge in [-0.3, -0.25) is 0 Å². The molecule has 0 bridgehead atoms. The van der Waals surface area contributed by atoms with Gasteiger partial charge in [0, 0.05) is 13.2 Å². The van der Waals surface area contributed by atoms with Crippen LogP contribution in [0.1, 0.15) is 32.1 Å². The normalized spacial score (nSPS) is 16.9. The average Bonchev–Trinajstić information content (AvgIpc) is 2.16. The molecular weight excluding hydrogens is 152 g/mol. The quantitative estimate of drug-likeness (QED) is 0.615. The molecule has 0 radical (unpaired) electrons. The Balaban J connectivity index is 2.29. The fourth-order valence-electron chi connectivity index (χ4n) is 1.39. The van der Waals surface area contributed by atoms with E-state index in [4.69, 9.17) is 0 Å². The van der Waals surface area contributed by atoms with Crippen LogP contribution in [0.5, 0.6) is 0 Å². The summed E-state index contributed by atoms with van der Waals surface area (Å²) in [6.45, 7) is 0. The Bertz CT molecular complexity index is 179. The van der Waals surface area contributed by atoms with Gasteiger partial charge in [0.15, 0.2) is 0 Å². The van der Waals surface area contributed by atoms with Gasteiger partial charge in [-0.15, -0.1) is 0 Å². The van der Waals surface area contributed by atoms with Crippen LogP contribution in [0.15, 0.2) is 11.8 Å². The summed E-state index contributed by atoms with van der Waals surface area (Å²) in [5, 5.41) is 5.20. The standard InChI is InChI=1S/C9H16N2O/c1-10-9(12)11-7-8-5-3-2-4-6-8/h7H,2-6H2,1H3,(H2,10,11,12). The van der Waals surface area contributed by atoms with Gasteiger partial charge in [0.25, 0.3) is 0 Å². The highest BCUT2D eigenvalue weighted by molar-refractivity contribution is 5.74. The van der Waals surface area contributed by atoms with E-state index in [0.717, 1.165) is 12.8 Å². The molecule has 1 saturated carbocycles. The van der Waals surface area contributed by atoms with Gasteiger partial charge < -0.3 is 10.6 Å². The monoisotopic (exact) mass is 168 g/mol. The Morgan fingerprint density at radius 2 is 2.00 bits per heavy atom. The molecule has 1 rings (SSSR count). The third-order valence-electron chi connectivity index (χ3n) is 2.13. The minimum Gasteiger partial charge on any atom is -0.341 e. The molecule has 68 valence electrons. The third-order valence-corrected chi connectivity index (χ3v) is 2.13. The number of rotatable bonds is 1. The second-order valence-electron chi connectivity index (χ2n) is 3.09. The Kier molecular flexibility index (Phi) is 3.64. The zero-order chi connectivity index (χ0) is 8.81. The largest absolute Gasteiger partial charge is 0.341 e. The molecule has 0 unspecified atom stereocenters.